The van der Waals surface area contributed by atoms with Crippen LogP contribution in [0.25, 0.3) is 0 Å². The molecule has 0 spiro atoms. The summed E-state index contributed by atoms with van der Waals surface area (Å²) < 4.78 is 10.6. The van der Waals surface area contributed by atoms with E-state index in [0.717, 1.165) is 22.6 Å². The zero-order valence-electron chi connectivity index (χ0n) is 13.4. The van der Waals surface area contributed by atoms with Crippen LogP contribution in [0.4, 0.5) is 0 Å². The summed E-state index contributed by atoms with van der Waals surface area (Å²) in [6.07, 6.45) is 0. The summed E-state index contributed by atoms with van der Waals surface area (Å²) in [6.45, 7) is 3.13. The second-order valence-electron chi connectivity index (χ2n) is 5.75. The van der Waals surface area contributed by atoms with Gasteiger partial charge in [-0.15, -0.1) is 0 Å². The Morgan fingerprint density at radius 2 is 2.08 bits per heavy atom. The highest BCUT2D eigenvalue weighted by Gasteiger charge is 2.14. The van der Waals surface area contributed by atoms with Crippen LogP contribution in [0.15, 0.2) is 42.5 Å². The summed E-state index contributed by atoms with van der Waals surface area (Å²) in [7, 11) is 0. The minimum Gasteiger partial charge on any atom is -0.454 e. The maximum absolute atomic E-state index is 12.0. The second kappa shape index (κ2) is 7.55. The molecule has 1 amide bonds. The first-order valence-electron chi connectivity index (χ1n) is 7.86. The Bertz CT molecular complexity index is 736. The van der Waals surface area contributed by atoms with Gasteiger partial charge in [0.25, 0.3) is 5.91 Å². The summed E-state index contributed by atoms with van der Waals surface area (Å²) >= 11 is 6.00. The quantitative estimate of drug-likeness (QED) is 0.840. The van der Waals surface area contributed by atoms with Crippen molar-refractivity contribution in [2.45, 2.75) is 19.5 Å². The molecule has 0 unspecified atom stereocenters. The van der Waals surface area contributed by atoms with Crippen molar-refractivity contribution < 1.29 is 19.6 Å². The molecule has 1 atom stereocenters. The fourth-order valence-electron chi connectivity index (χ4n) is 2.53. The number of ether oxygens (including phenoxy) is 2. The van der Waals surface area contributed by atoms with Gasteiger partial charge in [-0.1, -0.05) is 29.8 Å². The van der Waals surface area contributed by atoms with E-state index in [2.05, 4.69) is 12.2 Å². The van der Waals surface area contributed by atoms with E-state index in [1.54, 1.807) is 0 Å². The van der Waals surface area contributed by atoms with Gasteiger partial charge in [-0.25, -0.2) is 0 Å². The van der Waals surface area contributed by atoms with Crippen molar-refractivity contribution >= 4 is 17.5 Å². The van der Waals surface area contributed by atoms with Gasteiger partial charge in [0.2, 0.25) is 6.79 Å². The normalized spacial score (nSPS) is 13.6. The maximum Gasteiger partial charge on any atom is 0.275 e. The van der Waals surface area contributed by atoms with Crippen molar-refractivity contribution in [3.63, 3.8) is 0 Å². The first-order valence-corrected chi connectivity index (χ1v) is 8.23. The predicted octanol–water partition coefficient (Wildman–Crippen LogP) is 2.01. The number of carbonyl (C=O) groups is 1. The Hall–Kier alpha value is -2.24. The second-order valence-corrected chi connectivity index (χ2v) is 6.18. The summed E-state index contributed by atoms with van der Waals surface area (Å²) in [5, 5.41) is 5.61. The zero-order valence-corrected chi connectivity index (χ0v) is 14.2. The summed E-state index contributed by atoms with van der Waals surface area (Å²) in [4.78, 5) is 12.0. The molecule has 6 heteroatoms. The molecule has 3 N–H and O–H groups in total. The monoisotopic (exact) mass is 347 g/mol. The molecule has 1 heterocycles. The van der Waals surface area contributed by atoms with Gasteiger partial charge in [0, 0.05) is 17.1 Å². The molecule has 0 saturated carbocycles. The van der Waals surface area contributed by atoms with Crippen molar-refractivity contribution in [2.24, 2.45) is 0 Å². The number of carbonyl (C=O) groups excluding carboxylic acids is 1. The molecule has 2 aromatic rings. The number of nitrogens with two attached hydrogens (primary N) is 1. The van der Waals surface area contributed by atoms with Crippen LogP contribution in [-0.4, -0.2) is 19.2 Å². The van der Waals surface area contributed by atoms with E-state index >= 15 is 0 Å². The molecule has 5 nitrogen and oxygen atoms in total. The lowest BCUT2D eigenvalue weighted by Crippen LogP contribution is -2.87. The van der Waals surface area contributed by atoms with Gasteiger partial charge in [-0.2, -0.15) is 0 Å². The third kappa shape index (κ3) is 4.19. The smallest absolute Gasteiger partial charge is 0.275 e. The van der Waals surface area contributed by atoms with Crippen LogP contribution in [0.5, 0.6) is 11.5 Å². The van der Waals surface area contributed by atoms with E-state index in [1.165, 1.54) is 0 Å². The van der Waals surface area contributed by atoms with Gasteiger partial charge in [-0.05, 0) is 36.8 Å². The Labute approximate surface area is 145 Å². The van der Waals surface area contributed by atoms with E-state index in [4.69, 9.17) is 21.1 Å². The number of hydrogen-bond donors (Lipinski definition) is 2. The fraction of sp³-hybridized carbons (Fsp3) is 0.278. The number of fused-ring (bicyclic) bond motifs is 1. The van der Waals surface area contributed by atoms with Gasteiger partial charge < -0.3 is 20.1 Å². The van der Waals surface area contributed by atoms with Crippen LogP contribution in [-0.2, 0) is 11.3 Å². The number of quaternary nitrogens is 1. The molecule has 3 rings (SSSR count). The third-order valence-electron chi connectivity index (χ3n) is 3.96. The van der Waals surface area contributed by atoms with E-state index in [9.17, 15) is 4.79 Å². The summed E-state index contributed by atoms with van der Waals surface area (Å²) in [5.41, 5.74) is 2.08. The molecule has 126 valence electrons. The van der Waals surface area contributed by atoms with Crippen molar-refractivity contribution in [1.29, 1.82) is 0 Å². The molecule has 0 fully saturated rings. The number of rotatable bonds is 6. The fourth-order valence-corrected chi connectivity index (χ4v) is 2.73. The van der Waals surface area contributed by atoms with Crippen LogP contribution in [0.3, 0.4) is 0 Å². The largest absolute Gasteiger partial charge is 0.454 e. The topological polar surface area (TPSA) is 64.2 Å². The van der Waals surface area contributed by atoms with Crippen molar-refractivity contribution in [2.75, 3.05) is 13.3 Å². The number of nitrogens with one attached hydrogen (secondary N) is 1. The molecule has 1 aliphatic rings. The average molecular weight is 348 g/mol. The van der Waals surface area contributed by atoms with Crippen LogP contribution < -0.4 is 20.1 Å². The Kier molecular flexibility index (Phi) is 5.23. The molecule has 24 heavy (non-hydrogen) atoms. The van der Waals surface area contributed by atoms with Gasteiger partial charge in [0.15, 0.2) is 18.0 Å². The first-order chi connectivity index (χ1) is 11.6. The van der Waals surface area contributed by atoms with Crippen LogP contribution in [0.1, 0.15) is 24.1 Å². The molecule has 0 aromatic heterocycles. The average Bonchev–Trinajstić information content (AvgIpc) is 3.05. The molecular weight excluding hydrogens is 328 g/mol. The number of hydrogen-bond acceptors (Lipinski definition) is 3. The molecule has 0 radical (unpaired) electrons. The highest BCUT2D eigenvalue weighted by Crippen LogP contribution is 2.32. The van der Waals surface area contributed by atoms with Crippen LogP contribution in [0.2, 0.25) is 5.02 Å². The molecule has 2 aromatic carbocycles. The van der Waals surface area contributed by atoms with Crippen LogP contribution in [0, 0.1) is 0 Å². The number of benzene rings is 2. The molecule has 1 aliphatic heterocycles. The SMILES string of the molecule is C[C@H]([NH2+]CC(=O)NCc1ccc2c(c1)OCO2)c1cccc(Cl)c1. The Morgan fingerprint density at radius 3 is 2.92 bits per heavy atom. The Balaban J connectivity index is 1.46. The van der Waals surface area contributed by atoms with E-state index < -0.39 is 0 Å². The molecule has 0 saturated heterocycles. The summed E-state index contributed by atoms with van der Waals surface area (Å²) in [6, 6.07) is 13.5. The van der Waals surface area contributed by atoms with E-state index in [-0.39, 0.29) is 18.7 Å². The standard InChI is InChI=1S/C18H19ClN2O3/c1-12(14-3-2-4-15(19)8-14)20-10-18(22)21-9-13-5-6-16-17(7-13)24-11-23-16/h2-8,12,20H,9-11H2,1H3,(H,21,22)/p+1/t12-/m0/s1. The van der Waals surface area contributed by atoms with Crippen LogP contribution >= 0.6 is 11.6 Å². The lowest BCUT2D eigenvalue weighted by molar-refractivity contribution is -0.682. The highest BCUT2D eigenvalue weighted by molar-refractivity contribution is 6.30. The first kappa shape index (κ1) is 16.6. The highest BCUT2D eigenvalue weighted by atomic mass is 35.5. The molecular formula is C18H20ClN2O3+. The van der Waals surface area contributed by atoms with Gasteiger partial charge in [0.1, 0.15) is 6.04 Å². The summed E-state index contributed by atoms with van der Waals surface area (Å²) in [5.74, 6) is 1.46. The minimum atomic E-state index is -0.0125. The maximum atomic E-state index is 12.0. The van der Waals surface area contributed by atoms with Gasteiger partial charge in [0.05, 0.1) is 0 Å². The lowest BCUT2D eigenvalue weighted by atomic mass is 10.1. The minimum absolute atomic E-state index is 0.0125. The van der Waals surface area contributed by atoms with Gasteiger partial charge >= 0.3 is 0 Å². The van der Waals surface area contributed by atoms with E-state index in [1.807, 2.05) is 47.8 Å². The van der Waals surface area contributed by atoms with Crippen molar-refractivity contribution in [3.05, 3.63) is 58.6 Å². The molecule has 0 bridgehead atoms. The molecule has 0 aliphatic carbocycles. The lowest BCUT2D eigenvalue weighted by Gasteiger charge is -2.11. The predicted molar refractivity (Wildman–Crippen MR) is 91.1 cm³/mol. The zero-order chi connectivity index (χ0) is 16.9. The third-order valence-corrected chi connectivity index (χ3v) is 4.19. The van der Waals surface area contributed by atoms with Crippen molar-refractivity contribution in [1.82, 2.24) is 5.32 Å². The van der Waals surface area contributed by atoms with Crippen molar-refractivity contribution in [3.8, 4) is 11.5 Å². The van der Waals surface area contributed by atoms with Gasteiger partial charge in [-0.3, -0.25) is 4.79 Å². The number of amides is 1. The van der Waals surface area contributed by atoms with E-state index in [0.29, 0.717) is 18.1 Å². The number of halogens is 1. The Morgan fingerprint density at radius 1 is 1.25 bits per heavy atom.